The molecule has 1 saturated heterocycles. The summed E-state index contributed by atoms with van der Waals surface area (Å²) in [5, 5.41) is 21.2. The first-order valence-electron chi connectivity index (χ1n) is 6.66. The van der Waals surface area contributed by atoms with Gasteiger partial charge in [-0.25, -0.2) is 0 Å². The summed E-state index contributed by atoms with van der Waals surface area (Å²) in [6, 6.07) is 0.654. The number of likely N-dealkylation sites (tertiary alicyclic amines) is 1. The minimum atomic E-state index is -1.44. The molecule has 0 radical (unpaired) electrons. The third-order valence-corrected chi connectivity index (χ3v) is 4.08. The maximum absolute atomic E-state index is 10.4. The van der Waals surface area contributed by atoms with Gasteiger partial charge in [-0.2, -0.15) is 7.05 Å². The van der Waals surface area contributed by atoms with Crippen LogP contribution in [-0.4, -0.2) is 60.3 Å². The summed E-state index contributed by atoms with van der Waals surface area (Å²) in [6.45, 7) is 2.45. The van der Waals surface area contributed by atoms with Crippen LogP contribution in [-0.2, 0) is 30.7 Å². The van der Waals surface area contributed by atoms with Gasteiger partial charge in [0.15, 0.2) is 5.41 Å². The molecule has 1 heterocycles. The quantitative estimate of drug-likeness (QED) is 0.614. The molecule has 0 aromatic heterocycles. The van der Waals surface area contributed by atoms with Gasteiger partial charge in [0.25, 0.3) is 0 Å². The number of rotatable bonds is 3. The van der Waals surface area contributed by atoms with Crippen LogP contribution in [0.4, 0.5) is 0 Å². The average molecular weight is 466 g/mol. The van der Waals surface area contributed by atoms with Crippen molar-refractivity contribution in [1.82, 2.24) is 4.90 Å². The molecule has 0 spiro atoms. The summed E-state index contributed by atoms with van der Waals surface area (Å²) in [6.07, 6.45) is 3.77. The number of carboxylic acids is 2. The van der Waals surface area contributed by atoms with Crippen molar-refractivity contribution in [1.29, 1.82) is 0 Å². The van der Waals surface area contributed by atoms with Gasteiger partial charge in [-0.15, -0.1) is 6.04 Å². The number of carbonyl (C=O) groups is 2. The number of carboxylic acid groups (broad SMARTS) is 2. The molecule has 1 aliphatic heterocycles. The number of nitrogens with zero attached hydrogens (tertiary/aromatic N) is 2. The molecule has 0 amide bonds. The largest absolute Gasteiger partial charge is 2.00 e. The third kappa shape index (κ3) is 4.83. The summed E-state index contributed by atoms with van der Waals surface area (Å²) in [7, 11) is 4.10. The van der Waals surface area contributed by atoms with Gasteiger partial charge in [0.2, 0.25) is 0 Å². The topological polar surface area (TPSA) is 91.9 Å². The van der Waals surface area contributed by atoms with E-state index < -0.39 is 17.4 Å². The van der Waals surface area contributed by atoms with E-state index in [2.05, 4.69) is 17.3 Å². The molecule has 20 heavy (non-hydrogen) atoms. The van der Waals surface area contributed by atoms with Gasteiger partial charge in [-0.3, -0.25) is 9.59 Å². The Morgan fingerprint density at radius 3 is 1.80 bits per heavy atom. The first-order chi connectivity index (χ1) is 8.92. The van der Waals surface area contributed by atoms with Crippen LogP contribution in [0.3, 0.4) is 0 Å². The molecule has 0 aromatic rings. The SMILES string of the molecule is C[N-]C1CCN(C)CC1.O=C(O)C1(C(=O)O)CCC1.[Pt+2]. The van der Waals surface area contributed by atoms with E-state index in [4.69, 9.17) is 10.2 Å². The van der Waals surface area contributed by atoms with Crippen LogP contribution < -0.4 is 0 Å². The van der Waals surface area contributed by atoms with Gasteiger partial charge < -0.3 is 20.4 Å². The fourth-order valence-corrected chi connectivity index (χ4v) is 2.30. The molecule has 2 rings (SSSR count). The molecule has 2 aliphatic rings. The fraction of sp³-hybridized carbons (Fsp3) is 0.846. The molecule has 2 fully saturated rings. The number of hydrogen-bond donors (Lipinski definition) is 2. The maximum atomic E-state index is 10.4. The zero-order valence-corrected chi connectivity index (χ0v) is 14.2. The van der Waals surface area contributed by atoms with E-state index in [-0.39, 0.29) is 33.9 Å². The molecule has 7 heteroatoms. The van der Waals surface area contributed by atoms with Crippen molar-refractivity contribution in [3.8, 4) is 0 Å². The Kier molecular flexibility index (Phi) is 8.55. The van der Waals surface area contributed by atoms with Crippen LogP contribution in [0.25, 0.3) is 5.32 Å². The minimum Gasteiger partial charge on any atom is -0.662 e. The molecular formula is C13H23N2O4Pt+. The summed E-state index contributed by atoms with van der Waals surface area (Å²) in [5.41, 5.74) is -1.44. The Balaban J connectivity index is 0.000000345. The Morgan fingerprint density at radius 1 is 1.15 bits per heavy atom. The molecule has 6 nitrogen and oxygen atoms in total. The molecule has 118 valence electrons. The van der Waals surface area contributed by atoms with Crippen LogP contribution >= 0.6 is 0 Å². The van der Waals surface area contributed by atoms with Gasteiger partial charge >= 0.3 is 33.0 Å². The zero-order chi connectivity index (χ0) is 14.5. The van der Waals surface area contributed by atoms with E-state index in [9.17, 15) is 9.59 Å². The van der Waals surface area contributed by atoms with Crippen molar-refractivity contribution >= 4 is 11.9 Å². The second-order valence-electron chi connectivity index (χ2n) is 5.34. The van der Waals surface area contributed by atoms with Gasteiger partial charge in [0, 0.05) is 0 Å². The van der Waals surface area contributed by atoms with Crippen molar-refractivity contribution in [3.05, 3.63) is 5.32 Å². The predicted octanol–water partition coefficient (Wildman–Crippen LogP) is 1.41. The Morgan fingerprint density at radius 2 is 1.60 bits per heavy atom. The Bertz CT molecular complexity index is 310. The van der Waals surface area contributed by atoms with Crippen LogP contribution in [0.5, 0.6) is 0 Å². The second-order valence-corrected chi connectivity index (χ2v) is 5.34. The van der Waals surface area contributed by atoms with Gasteiger partial charge in [0.05, 0.1) is 0 Å². The molecule has 1 saturated carbocycles. The van der Waals surface area contributed by atoms with Crippen LogP contribution in [0, 0.1) is 5.41 Å². The number of aliphatic carboxylic acids is 2. The minimum absolute atomic E-state index is 0. The van der Waals surface area contributed by atoms with Crippen LogP contribution in [0.1, 0.15) is 32.1 Å². The summed E-state index contributed by atoms with van der Waals surface area (Å²) in [4.78, 5) is 23.1. The molecule has 0 bridgehead atoms. The predicted molar refractivity (Wildman–Crippen MR) is 71.4 cm³/mol. The maximum Gasteiger partial charge on any atom is 2.00 e. The molecular weight excluding hydrogens is 443 g/mol. The Hall–Kier alpha value is -0.452. The van der Waals surface area contributed by atoms with Gasteiger partial charge in [0.1, 0.15) is 0 Å². The Labute approximate surface area is 134 Å². The summed E-state index contributed by atoms with van der Waals surface area (Å²) < 4.78 is 0. The van der Waals surface area contributed by atoms with E-state index in [0.717, 1.165) is 0 Å². The summed E-state index contributed by atoms with van der Waals surface area (Å²) >= 11 is 0. The van der Waals surface area contributed by atoms with E-state index in [1.54, 1.807) is 0 Å². The molecule has 0 unspecified atom stereocenters. The number of piperidine rings is 1. The van der Waals surface area contributed by atoms with Crippen LogP contribution in [0.2, 0.25) is 0 Å². The van der Waals surface area contributed by atoms with Crippen molar-refractivity contribution in [2.75, 3.05) is 27.2 Å². The third-order valence-electron chi connectivity index (χ3n) is 4.08. The van der Waals surface area contributed by atoms with E-state index in [1.807, 2.05) is 7.05 Å². The smallest absolute Gasteiger partial charge is 0.662 e. The van der Waals surface area contributed by atoms with Gasteiger partial charge in [-0.1, -0.05) is 12.8 Å². The summed E-state index contributed by atoms with van der Waals surface area (Å²) in [5.74, 6) is -2.41. The monoisotopic (exact) mass is 466 g/mol. The van der Waals surface area contributed by atoms with Crippen molar-refractivity contribution in [2.45, 2.75) is 38.1 Å². The normalized spacial score (nSPS) is 21.7. The van der Waals surface area contributed by atoms with Crippen molar-refractivity contribution < 1.29 is 40.9 Å². The van der Waals surface area contributed by atoms with E-state index in [1.165, 1.54) is 25.9 Å². The molecule has 2 N–H and O–H groups in total. The standard InChI is InChI=1S/C7H15N2.C6H8O4.Pt/c1-8-7-3-5-9(2)6-4-7;7-4(8)6(5(9)10)2-1-3-6;/h7H,3-6H2,1-2H3;1-3H2,(H,7,8)(H,9,10);/q-1;;+2. The first-order valence-corrected chi connectivity index (χ1v) is 6.66. The second kappa shape index (κ2) is 8.75. The van der Waals surface area contributed by atoms with Crippen LogP contribution in [0.15, 0.2) is 0 Å². The molecule has 1 aliphatic carbocycles. The van der Waals surface area contributed by atoms with Crippen molar-refractivity contribution in [2.24, 2.45) is 5.41 Å². The zero-order valence-electron chi connectivity index (χ0n) is 11.9. The first kappa shape index (κ1) is 19.5. The number of hydrogen-bond acceptors (Lipinski definition) is 3. The van der Waals surface area contributed by atoms with E-state index in [0.29, 0.717) is 12.5 Å². The molecule has 0 aromatic carbocycles. The fourth-order valence-electron chi connectivity index (χ4n) is 2.30. The van der Waals surface area contributed by atoms with E-state index >= 15 is 0 Å². The average Bonchev–Trinajstić information content (AvgIpc) is 2.28. The molecule has 0 atom stereocenters. The van der Waals surface area contributed by atoms with Crippen molar-refractivity contribution in [3.63, 3.8) is 0 Å². The van der Waals surface area contributed by atoms with Gasteiger partial charge in [-0.05, 0) is 39.4 Å².